The van der Waals surface area contributed by atoms with E-state index < -0.39 is 5.91 Å². The Morgan fingerprint density at radius 3 is 2.47 bits per heavy atom. The summed E-state index contributed by atoms with van der Waals surface area (Å²) in [5.41, 5.74) is 12.6. The van der Waals surface area contributed by atoms with E-state index in [1.807, 2.05) is 36.5 Å². The Bertz CT molecular complexity index is 2330. The number of carbonyl (C=O) groups is 1. The molecule has 57 heavy (non-hydrogen) atoms. The Balaban J connectivity index is 0.906. The molecule has 0 radical (unpaired) electrons. The van der Waals surface area contributed by atoms with Gasteiger partial charge in [0.05, 0.1) is 28.6 Å². The van der Waals surface area contributed by atoms with Crippen molar-refractivity contribution < 1.29 is 9.53 Å². The number of nitrogens with two attached hydrogens (primary N) is 1. The molecule has 4 bridgehead atoms. The van der Waals surface area contributed by atoms with Gasteiger partial charge in [-0.25, -0.2) is 9.97 Å². The van der Waals surface area contributed by atoms with Gasteiger partial charge in [-0.15, -0.1) is 10.2 Å². The van der Waals surface area contributed by atoms with E-state index in [0.29, 0.717) is 23.7 Å². The fourth-order valence-corrected chi connectivity index (χ4v) is 13.6. The molecule has 13 heteroatoms. The van der Waals surface area contributed by atoms with Crippen molar-refractivity contribution in [3.05, 3.63) is 65.1 Å². The summed E-state index contributed by atoms with van der Waals surface area (Å²) in [4.78, 5) is 27.5. The quantitative estimate of drug-likeness (QED) is 0.135. The third-order valence-corrected chi connectivity index (χ3v) is 14.8. The highest BCUT2D eigenvalue weighted by atomic mass is 32.1. The normalized spacial score (nSPS) is 28.0. The number of fused-ring (bicyclic) bond motifs is 2. The molecular weight excluding hydrogens is 733 g/mol. The fourth-order valence-electron chi connectivity index (χ4n) is 12.7. The number of benzene rings is 1. The van der Waals surface area contributed by atoms with Crippen molar-refractivity contribution in [2.24, 2.45) is 22.0 Å². The molecule has 5 aromatic rings. The van der Waals surface area contributed by atoms with E-state index in [-0.39, 0.29) is 27.5 Å². The van der Waals surface area contributed by atoms with E-state index in [1.165, 1.54) is 45.2 Å². The van der Waals surface area contributed by atoms with Crippen LogP contribution in [0.5, 0.6) is 0 Å². The van der Waals surface area contributed by atoms with Crippen LogP contribution >= 0.6 is 11.3 Å². The summed E-state index contributed by atoms with van der Waals surface area (Å²) >= 11 is 1.59. The summed E-state index contributed by atoms with van der Waals surface area (Å²) in [5.74, 6) is 1.51. The lowest BCUT2D eigenvalue weighted by atomic mass is 9.39. The van der Waals surface area contributed by atoms with Gasteiger partial charge >= 0.3 is 0 Å². The summed E-state index contributed by atoms with van der Waals surface area (Å²) in [6, 6.07) is 12.0. The Labute approximate surface area is 338 Å². The first-order chi connectivity index (χ1) is 27.4. The number of amides is 1. The maximum absolute atomic E-state index is 13.2. The highest BCUT2D eigenvalue weighted by molar-refractivity contribution is 7.22. The van der Waals surface area contributed by atoms with Crippen LogP contribution in [-0.2, 0) is 17.7 Å². The molecule has 5 fully saturated rings. The number of carbonyl (C=O) groups excluding carboxylic acids is 1. The second-order valence-corrected chi connectivity index (χ2v) is 19.9. The van der Waals surface area contributed by atoms with Gasteiger partial charge in [0.25, 0.3) is 5.91 Å². The van der Waals surface area contributed by atoms with E-state index in [9.17, 15) is 4.79 Å². The number of thiazole rings is 1. The van der Waals surface area contributed by atoms with E-state index in [1.54, 1.807) is 11.3 Å². The number of pyridine rings is 1. The molecule has 12 nitrogen and oxygen atoms in total. The number of primary amides is 1. The molecule has 2 atom stereocenters. The summed E-state index contributed by atoms with van der Waals surface area (Å²) < 4.78 is 10.3. The van der Waals surface area contributed by atoms with E-state index in [0.717, 1.165) is 95.4 Å². The van der Waals surface area contributed by atoms with Gasteiger partial charge in [0, 0.05) is 47.6 Å². The van der Waals surface area contributed by atoms with Gasteiger partial charge in [-0.05, 0) is 132 Å². The average molecular weight is 787 g/mol. The van der Waals surface area contributed by atoms with Crippen LogP contribution in [-0.4, -0.2) is 79.1 Å². The standard InChI is InChI=1S/C44H54N10O2S/c1-28-30-10-9-17-53(39(30)51-50-38(28)49-40-47-33-11-5-6-12-34(33)57-40)35-14-13-31(36(48-35)37(45)55)32-20-46-54(29(32)2)27-43-22-41(3)21-42(4,23-43)25-44(24-41,26-43)56-19-18-52-15-7-8-16-52/h5-6,11-14,20H,7-10,15-19,21-27H2,1-4H3,(H2,45,55)(H,47,49,50). The summed E-state index contributed by atoms with van der Waals surface area (Å²) in [5, 5.41) is 18.5. The lowest BCUT2D eigenvalue weighted by Gasteiger charge is -2.69. The number of hydrogen-bond acceptors (Lipinski definition) is 11. The van der Waals surface area contributed by atoms with E-state index in [2.05, 4.69) is 58.7 Å². The monoisotopic (exact) mass is 786 g/mol. The Morgan fingerprint density at radius 2 is 1.70 bits per heavy atom. The molecule has 1 amide bonds. The highest BCUT2D eigenvalue weighted by Gasteiger charge is 2.66. The number of anilines is 4. The molecule has 1 aromatic carbocycles. The number of nitrogens with zero attached hydrogens (tertiary/aromatic N) is 8. The van der Waals surface area contributed by atoms with Gasteiger partial charge < -0.3 is 25.6 Å². The largest absolute Gasteiger partial charge is 0.374 e. The van der Waals surface area contributed by atoms with Gasteiger partial charge in [0.15, 0.2) is 16.8 Å². The predicted molar refractivity (Wildman–Crippen MR) is 224 cm³/mol. The van der Waals surface area contributed by atoms with E-state index >= 15 is 0 Å². The van der Waals surface area contributed by atoms with E-state index in [4.69, 9.17) is 30.6 Å². The molecule has 11 rings (SSSR count). The molecule has 6 aliphatic rings. The highest BCUT2D eigenvalue weighted by Crippen LogP contribution is 2.72. The first kappa shape index (κ1) is 36.9. The number of aromatic nitrogens is 6. The fraction of sp³-hybridized carbons (Fsp3) is 0.545. The second-order valence-electron chi connectivity index (χ2n) is 18.8. The minimum absolute atomic E-state index is 0.0643. The Morgan fingerprint density at radius 1 is 0.912 bits per heavy atom. The van der Waals surface area contributed by atoms with Crippen molar-refractivity contribution >= 4 is 50.0 Å². The van der Waals surface area contributed by atoms with Crippen LogP contribution in [0, 0.1) is 30.1 Å². The maximum Gasteiger partial charge on any atom is 0.268 e. The Kier molecular flexibility index (Phi) is 8.77. The first-order valence-corrected chi connectivity index (χ1v) is 21.7. The number of ether oxygens (including phenoxy) is 1. The predicted octanol–water partition coefficient (Wildman–Crippen LogP) is 8.12. The summed E-state index contributed by atoms with van der Waals surface area (Å²) in [7, 11) is 0. The number of nitrogens with one attached hydrogen (secondary N) is 1. The number of hydrogen-bond donors (Lipinski definition) is 2. The van der Waals surface area contributed by atoms with Crippen LogP contribution in [0.3, 0.4) is 0 Å². The average Bonchev–Trinajstić information content (AvgIpc) is 3.91. The number of likely N-dealkylation sites (tertiary alicyclic amines) is 1. The van der Waals surface area contributed by atoms with Crippen molar-refractivity contribution in [2.75, 3.05) is 43.0 Å². The topological polar surface area (TPSA) is 140 Å². The molecule has 3 N–H and O–H groups in total. The molecule has 4 saturated carbocycles. The summed E-state index contributed by atoms with van der Waals surface area (Å²) in [6.07, 6.45) is 13.4. The smallest absolute Gasteiger partial charge is 0.268 e. The minimum Gasteiger partial charge on any atom is -0.374 e. The second kappa shape index (κ2) is 13.6. The number of rotatable bonds is 11. The molecule has 0 spiro atoms. The van der Waals surface area contributed by atoms with Gasteiger partial charge in [-0.2, -0.15) is 5.10 Å². The molecule has 2 aliphatic heterocycles. The van der Waals surface area contributed by atoms with Crippen molar-refractivity contribution in [2.45, 2.75) is 104 Å². The third kappa shape index (κ3) is 6.59. The van der Waals surface area contributed by atoms with Crippen LogP contribution in [0.2, 0.25) is 0 Å². The molecular formula is C44H54N10O2S. The zero-order chi connectivity index (χ0) is 39.2. The molecule has 4 aromatic heterocycles. The van der Waals surface area contributed by atoms with Crippen LogP contribution < -0.4 is 16.0 Å². The zero-order valence-corrected chi connectivity index (χ0v) is 34.6. The zero-order valence-electron chi connectivity index (χ0n) is 33.7. The number of para-hydroxylation sites is 1. The molecule has 2 unspecified atom stereocenters. The van der Waals surface area contributed by atoms with Gasteiger partial charge in [0.1, 0.15) is 11.5 Å². The lowest BCUT2D eigenvalue weighted by Crippen LogP contribution is -2.64. The molecule has 298 valence electrons. The van der Waals surface area contributed by atoms with Gasteiger partial charge in [0.2, 0.25) is 0 Å². The van der Waals surface area contributed by atoms with Crippen molar-refractivity contribution in [3.8, 4) is 11.1 Å². The van der Waals surface area contributed by atoms with Crippen LogP contribution in [0.1, 0.15) is 98.9 Å². The third-order valence-electron chi connectivity index (χ3n) is 13.8. The SMILES string of the molecule is Cc1c(Nc2nc3ccccc3s2)nnc2c1CCCN2c1ccc(-c2cnn(CC34CC5(C)CC(C)(C3)CC(OCCN3CCCC3)(C5)C4)c2C)c(C(N)=O)n1. The molecule has 4 aliphatic carbocycles. The minimum atomic E-state index is -0.566. The van der Waals surface area contributed by atoms with Crippen LogP contribution in [0.4, 0.5) is 22.6 Å². The van der Waals surface area contributed by atoms with Crippen molar-refractivity contribution in [1.29, 1.82) is 0 Å². The molecule has 6 heterocycles. The van der Waals surface area contributed by atoms with Crippen LogP contribution in [0.25, 0.3) is 21.3 Å². The van der Waals surface area contributed by atoms with Gasteiger partial charge in [-0.1, -0.05) is 37.3 Å². The van der Waals surface area contributed by atoms with Crippen molar-refractivity contribution in [1.82, 2.24) is 34.8 Å². The molecule has 1 saturated heterocycles. The Hall–Kier alpha value is -4.46. The van der Waals surface area contributed by atoms with Crippen molar-refractivity contribution in [3.63, 3.8) is 0 Å². The summed E-state index contributed by atoms with van der Waals surface area (Å²) in [6.45, 7) is 15.0. The lowest BCUT2D eigenvalue weighted by molar-refractivity contribution is -0.248. The maximum atomic E-state index is 13.2. The van der Waals surface area contributed by atoms with Gasteiger partial charge in [-0.3, -0.25) is 9.48 Å². The van der Waals surface area contributed by atoms with Crippen LogP contribution in [0.15, 0.2) is 42.6 Å². The first-order valence-electron chi connectivity index (χ1n) is 20.9.